The van der Waals surface area contributed by atoms with Crippen molar-refractivity contribution in [1.29, 1.82) is 0 Å². The number of hydrogen-bond acceptors (Lipinski definition) is 2. The molecule has 11 heavy (non-hydrogen) atoms. The van der Waals surface area contributed by atoms with Crippen LogP contribution in [0, 0.1) is 11.8 Å². The first kappa shape index (κ1) is 7.56. The number of fused-ring (bicyclic) bond motifs is 1. The Morgan fingerprint density at radius 2 is 2.09 bits per heavy atom. The zero-order chi connectivity index (χ0) is 7.84. The third kappa shape index (κ3) is 1.18. The van der Waals surface area contributed by atoms with Gasteiger partial charge in [-0.1, -0.05) is 0 Å². The Morgan fingerprint density at radius 3 is 2.82 bits per heavy atom. The number of aliphatic hydroxyl groups excluding tert-OH is 1. The van der Waals surface area contributed by atoms with Gasteiger partial charge in [-0.25, -0.2) is 0 Å². The van der Waals surface area contributed by atoms with E-state index in [0.717, 1.165) is 25.4 Å². The molecule has 0 radical (unpaired) electrons. The molecule has 1 saturated carbocycles. The summed E-state index contributed by atoms with van der Waals surface area (Å²) in [5, 5.41) is 9.61. The van der Waals surface area contributed by atoms with Crippen molar-refractivity contribution in [2.75, 3.05) is 6.61 Å². The molecule has 0 amide bonds. The highest BCUT2D eigenvalue weighted by Crippen LogP contribution is 2.40. The second-order valence-corrected chi connectivity index (χ2v) is 3.85. The van der Waals surface area contributed by atoms with Gasteiger partial charge in [0.2, 0.25) is 0 Å². The number of aliphatic hydroxyl groups is 1. The Kier molecular flexibility index (Phi) is 1.90. The molecule has 0 bridgehead atoms. The van der Waals surface area contributed by atoms with Crippen LogP contribution in [0.15, 0.2) is 0 Å². The van der Waals surface area contributed by atoms with Gasteiger partial charge < -0.3 is 9.84 Å². The molecular weight excluding hydrogens is 140 g/mol. The summed E-state index contributed by atoms with van der Waals surface area (Å²) in [5.74, 6) is 1.18. The summed E-state index contributed by atoms with van der Waals surface area (Å²) >= 11 is 0. The van der Waals surface area contributed by atoms with Crippen LogP contribution in [0.25, 0.3) is 0 Å². The lowest BCUT2D eigenvalue weighted by Gasteiger charge is -2.33. The maximum Gasteiger partial charge on any atom is 0.0602 e. The first-order valence-corrected chi connectivity index (χ1v) is 4.58. The molecule has 0 aromatic carbocycles. The summed E-state index contributed by atoms with van der Waals surface area (Å²) in [5.41, 5.74) is 0. The van der Waals surface area contributed by atoms with Gasteiger partial charge in [0, 0.05) is 12.5 Å². The summed E-state index contributed by atoms with van der Waals surface area (Å²) in [4.78, 5) is 0. The normalized spacial score (nSPS) is 50.7. The van der Waals surface area contributed by atoms with Crippen molar-refractivity contribution in [2.24, 2.45) is 11.8 Å². The third-order valence-electron chi connectivity index (χ3n) is 3.23. The largest absolute Gasteiger partial charge is 0.393 e. The molecule has 2 aliphatic rings. The third-order valence-corrected chi connectivity index (χ3v) is 3.23. The fourth-order valence-electron chi connectivity index (χ4n) is 2.63. The van der Waals surface area contributed by atoms with Crippen LogP contribution >= 0.6 is 0 Å². The van der Waals surface area contributed by atoms with Gasteiger partial charge in [0.25, 0.3) is 0 Å². The van der Waals surface area contributed by atoms with Crippen molar-refractivity contribution < 1.29 is 9.84 Å². The standard InChI is InChI=1S/C9H16O2/c1-6-9-7(4-5-11-6)2-3-8(9)10/h6-10H,2-5H2,1H3/t6-,7+,8+,9-/m0/s1. The lowest BCUT2D eigenvalue weighted by atomic mass is 9.86. The number of ether oxygens (including phenoxy) is 1. The predicted octanol–water partition coefficient (Wildman–Crippen LogP) is 1.18. The quantitative estimate of drug-likeness (QED) is 0.570. The molecule has 1 N–H and O–H groups in total. The van der Waals surface area contributed by atoms with Crippen molar-refractivity contribution in [3.8, 4) is 0 Å². The van der Waals surface area contributed by atoms with Gasteiger partial charge in [0.1, 0.15) is 0 Å². The molecule has 2 nitrogen and oxygen atoms in total. The average Bonchev–Trinajstić information content (AvgIpc) is 2.34. The molecule has 1 aliphatic carbocycles. The van der Waals surface area contributed by atoms with Crippen molar-refractivity contribution in [3.63, 3.8) is 0 Å². The molecule has 1 saturated heterocycles. The molecule has 1 aliphatic heterocycles. The molecule has 0 unspecified atom stereocenters. The average molecular weight is 156 g/mol. The summed E-state index contributed by atoms with van der Waals surface area (Å²) in [6.45, 7) is 2.99. The van der Waals surface area contributed by atoms with Crippen LogP contribution in [0.5, 0.6) is 0 Å². The minimum absolute atomic E-state index is 0.0877. The van der Waals surface area contributed by atoms with E-state index in [9.17, 15) is 5.11 Å². The SMILES string of the molecule is C[C@@H]1OCC[C@H]2CC[C@@H](O)[C@H]21. The zero-order valence-corrected chi connectivity index (χ0v) is 6.99. The molecule has 2 rings (SSSR count). The Morgan fingerprint density at radius 1 is 1.27 bits per heavy atom. The maximum absolute atomic E-state index is 9.61. The Bertz CT molecular complexity index is 144. The second kappa shape index (κ2) is 2.76. The zero-order valence-electron chi connectivity index (χ0n) is 6.99. The molecule has 0 aromatic heterocycles. The molecular formula is C9H16O2. The van der Waals surface area contributed by atoms with Crippen LogP contribution in [0.4, 0.5) is 0 Å². The topological polar surface area (TPSA) is 29.5 Å². The van der Waals surface area contributed by atoms with Gasteiger partial charge in [0.15, 0.2) is 0 Å². The maximum atomic E-state index is 9.61. The van der Waals surface area contributed by atoms with Gasteiger partial charge in [-0.2, -0.15) is 0 Å². The van der Waals surface area contributed by atoms with Gasteiger partial charge >= 0.3 is 0 Å². The van der Waals surface area contributed by atoms with Crippen LogP contribution in [0.1, 0.15) is 26.2 Å². The van der Waals surface area contributed by atoms with Crippen LogP contribution in [0.3, 0.4) is 0 Å². The first-order chi connectivity index (χ1) is 5.29. The van der Waals surface area contributed by atoms with Crippen molar-refractivity contribution in [1.82, 2.24) is 0 Å². The van der Waals surface area contributed by atoms with E-state index >= 15 is 0 Å². The summed E-state index contributed by atoms with van der Waals surface area (Å²) in [6.07, 6.45) is 3.55. The lowest BCUT2D eigenvalue weighted by Crippen LogP contribution is -2.36. The molecule has 2 fully saturated rings. The van der Waals surface area contributed by atoms with Crippen LogP contribution in [0.2, 0.25) is 0 Å². The van der Waals surface area contributed by atoms with Gasteiger partial charge in [-0.05, 0) is 32.1 Å². The van der Waals surface area contributed by atoms with Crippen LogP contribution < -0.4 is 0 Å². The van der Waals surface area contributed by atoms with Gasteiger partial charge in [-0.3, -0.25) is 0 Å². The minimum Gasteiger partial charge on any atom is -0.393 e. The van der Waals surface area contributed by atoms with Gasteiger partial charge in [-0.15, -0.1) is 0 Å². The Hall–Kier alpha value is -0.0800. The van der Waals surface area contributed by atoms with E-state index in [1.807, 2.05) is 0 Å². The van der Waals surface area contributed by atoms with E-state index in [2.05, 4.69) is 6.92 Å². The smallest absolute Gasteiger partial charge is 0.0602 e. The monoisotopic (exact) mass is 156 g/mol. The molecule has 2 heteroatoms. The summed E-state index contributed by atoms with van der Waals surface area (Å²) in [7, 11) is 0. The molecule has 0 spiro atoms. The fourth-order valence-corrected chi connectivity index (χ4v) is 2.63. The van der Waals surface area contributed by atoms with Gasteiger partial charge in [0.05, 0.1) is 12.2 Å². The molecule has 64 valence electrons. The summed E-state index contributed by atoms with van der Waals surface area (Å²) in [6, 6.07) is 0. The van der Waals surface area contributed by atoms with E-state index in [1.54, 1.807) is 0 Å². The first-order valence-electron chi connectivity index (χ1n) is 4.58. The van der Waals surface area contributed by atoms with E-state index in [0.29, 0.717) is 5.92 Å². The Labute approximate surface area is 67.6 Å². The molecule has 0 aromatic rings. The second-order valence-electron chi connectivity index (χ2n) is 3.85. The summed E-state index contributed by atoms with van der Waals surface area (Å²) < 4.78 is 5.50. The van der Waals surface area contributed by atoms with E-state index < -0.39 is 0 Å². The van der Waals surface area contributed by atoms with Crippen molar-refractivity contribution in [2.45, 2.75) is 38.4 Å². The van der Waals surface area contributed by atoms with E-state index in [1.165, 1.54) is 6.42 Å². The van der Waals surface area contributed by atoms with Crippen LogP contribution in [-0.4, -0.2) is 23.9 Å². The molecule has 1 heterocycles. The Balaban J connectivity index is 2.08. The van der Waals surface area contributed by atoms with E-state index in [4.69, 9.17) is 4.74 Å². The van der Waals surface area contributed by atoms with Crippen molar-refractivity contribution >= 4 is 0 Å². The highest BCUT2D eigenvalue weighted by molar-refractivity contribution is 4.90. The minimum atomic E-state index is -0.0877. The fraction of sp³-hybridized carbons (Fsp3) is 1.00. The number of hydrogen-bond donors (Lipinski definition) is 1. The number of rotatable bonds is 0. The van der Waals surface area contributed by atoms with E-state index in [-0.39, 0.29) is 12.2 Å². The highest BCUT2D eigenvalue weighted by atomic mass is 16.5. The predicted molar refractivity (Wildman–Crippen MR) is 42.3 cm³/mol. The molecule has 4 atom stereocenters. The van der Waals surface area contributed by atoms with Crippen molar-refractivity contribution in [3.05, 3.63) is 0 Å². The van der Waals surface area contributed by atoms with Crippen LogP contribution in [-0.2, 0) is 4.74 Å². The lowest BCUT2D eigenvalue weighted by molar-refractivity contribution is -0.0682. The highest BCUT2D eigenvalue weighted by Gasteiger charge is 2.41.